The van der Waals surface area contributed by atoms with E-state index >= 15 is 0 Å². The zero-order chi connectivity index (χ0) is 37.6. The SMILES string of the molecule is COc1ccc(C(OC[C@H]2O[C@@H](n3ccc(N)nc3=O)C[C@@H]2OCCC#N)(c2ccccc2)c2ccc(OC)cc2)cc1.NP(O)NN1CCOCC1. The lowest BCUT2D eigenvalue weighted by atomic mass is 9.80. The number of ether oxygens (including phenoxy) is 6. The monoisotopic (exact) mass is 747 g/mol. The van der Waals surface area contributed by atoms with Crippen LogP contribution >= 0.6 is 8.45 Å². The molecule has 4 aromatic rings. The van der Waals surface area contributed by atoms with Crippen molar-refractivity contribution in [2.45, 2.75) is 36.9 Å². The lowest BCUT2D eigenvalue weighted by Crippen LogP contribution is -2.44. The van der Waals surface area contributed by atoms with E-state index in [1.54, 1.807) is 26.5 Å². The number of methoxy groups -OCH3 is 2. The van der Waals surface area contributed by atoms with Crippen LogP contribution in [0.1, 0.15) is 35.8 Å². The molecule has 0 spiro atoms. The molecule has 2 aliphatic rings. The van der Waals surface area contributed by atoms with Gasteiger partial charge in [0.05, 0.1) is 59.2 Å². The van der Waals surface area contributed by atoms with Gasteiger partial charge in [0, 0.05) is 25.7 Å². The maximum absolute atomic E-state index is 12.6. The first-order valence-corrected chi connectivity index (χ1v) is 18.4. The number of hydrogen-bond donors (Lipinski definition) is 4. The van der Waals surface area contributed by atoms with Crippen LogP contribution in [-0.2, 0) is 24.5 Å². The van der Waals surface area contributed by atoms with Crippen molar-refractivity contribution in [3.8, 4) is 17.6 Å². The number of morpholine rings is 1. The highest BCUT2D eigenvalue weighted by molar-refractivity contribution is 7.46. The van der Waals surface area contributed by atoms with Crippen LogP contribution < -0.4 is 31.6 Å². The van der Waals surface area contributed by atoms with E-state index in [4.69, 9.17) is 49.8 Å². The Morgan fingerprint density at radius 1 is 0.981 bits per heavy atom. The largest absolute Gasteiger partial charge is 0.497 e. The first-order valence-electron chi connectivity index (χ1n) is 17.1. The molecule has 0 amide bonds. The number of rotatable bonds is 14. The predicted octanol–water partition coefficient (Wildman–Crippen LogP) is 3.44. The summed E-state index contributed by atoms with van der Waals surface area (Å²) in [4.78, 5) is 25.2. The van der Waals surface area contributed by atoms with Crippen LogP contribution in [0, 0.1) is 11.3 Å². The van der Waals surface area contributed by atoms with Crippen molar-refractivity contribution in [3.63, 3.8) is 0 Å². The number of hydrazine groups is 1. The van der Waals surface area contributed by atoms with Crippen LogP contribution in [0.5, 0.6) is 11.5 Å². The summed E-state index contributed by atoms with van der Waals surface area (Å²) >= 11 is 0. The first kappa shape index (κ1) is 39.7. The van der Waals surface area contributed by atoms with Gasteiger partial charge >= 0.3 is 5.69 Å². The van der Waals surface area contributed by atoms with E-state index < -0.39 is 38.2 Å². The van der Waals surface area contributed by atoms with Gasteiger partial charge in [-0.2, -0.15) is 15.4 Å². The van der Waals surface area contributed by atoms with Gasteiger partial charge in [0.25, 0.3) is 0 Å². The standard InChI is InChI=1S/C33H34N4O6.C4H12N3O2P/c1-39-26-13-9-24(10-14-26)33(23-7-4-3-5-8-23,25-11-15-27(40-2)16-12-25)42-22-29-28(41-20-6-18-34)21-31(43-29)37-19-17-30(35)36-32(37)38;5-10(8)6-7-1-3-9-4-2-7/h3-5,7-17,19,28-29,31H,6,20-22H2,1-2H3,(H2,35,36,38);6,8H,1-5H2/t28-,29+,31+;/m0./s1. The zero-order valence-corrected chi connectivity index (χ0v) is 30.6. The van der Waals surface area contributed by atoms with E-state index in [2.05, 4.69) is 16.2 Å². The fourth-order valence-corrected chi connectivity index (χ4v) is 6.68. The molecule has 0 aliphatic carbocycles. The van der Waals surface area contributed by atoms with E-state index in [-0.39, 0.29) is 25.5 Å². The fraction of sp³-hybridized carbons (Fsp3) is 0.378. The maximum Gasteiger partial charge on any atom is 0.351 e. The Bertz CT molecular complexity index is 1760. The number of benzene rings is 3. The van der Waals surface area contributed by atoms with Gasteiger partial charge in [-0.1, -0.05) is 54.6 Å². The molecule has 6 N–H and O–H groups in total. The minimum absolute atomic E-state index is 0.109. The third-order valence-corrected chi connectivity index (χ3v) is 9.27. The minimum atomic E-state index is -1.50. The van der Waals surface area contributed by atoms with Crippen molar-refractivity contribution in [1.82, 2.24) is 19.8 Å². The molecule has 2 aliphatic heterocycles. The Morgan fingerprint density at radius 3 is 2.13 bits per heavy atom. The van der Waals surface area contributed by atoms with E-state index in [9.17, 15) is 4.79 Å². The topological polar surface area (TPSA) is 202 Å². The Kier molecular flexibility index (Phi) is 14.7. The lowest BCUT2D eigenvalue weighted by molar-refractivity contribution is -0.104. The summed E-state index contributed by atoms with van der Waals surface area (Å²) < 4.78 is 36.9. The minimum Gasteiger partial charge on any atom is -0.497 e. The van der Waals surface area contributed by atoms with Gasteiger partial charge in [0.2, 0.25) is 0 Å². The van der Waals surface area contributed by atoms with Crippen molar-refractivity contribution in [2.75, 3.05) is 59.5 Å². The smallest absolute Gasteiger partial charge is 0.351 e. The molecule has 1 unspecified atom stereocenters. The quantitative estimate of drug-likeness (QED) is 0.0830. The number of nitrogen functional groups attached to an aromatic ring is 1. The van der Waals surface area contributed by atoms with Gasteiger partial charge in [0.15, 0.2) is 8.45 Å². The molecule has 4 atom stereocenters. The Balaban J connectivity index is 0.000000469. The van der Waals surface area contributed by atoms with Crippen LogP contribution in [0.15, 0.2) is 95.9 Å². The van der Waals surface area contributed by atoms with Gasteiger partial charge in [0.1, 0.15) is 35.2 Å². The number of nitrogens with zero attached hydrogens (tertiary/aromatic N) is 4. The summed E-state index contributed by atoms with van der Waals surface area (Å²) in [5.41, 5.74) is 11.9. The maximum atomic E-state index is 12.6. The Hall–Kier alpha value is -4.46. The van der Waals surface area contributed by atoms with Gasteiger partial charge in [-0.3, -0.25) is 10.1 Å². The van der Waals surface area contributed by atoms with E-state index in [1.807, 2.05) is 83.9 Å². The van der Waals surface area contributed by atoms with Gasteiger partial charge in [-0.05, 0) is 47.0 Å². The summed E-state index contributed by atoms with van der Waals surface area (Å²) in [7, 11) is 1.75. The van der Waals surface area contributed by atoms with Gasteiger partial charge in [-0.15, -0.1) is 0 Å². The number of aromatic nitrogens is 2. The summed E-state index contributed by atoms with van der Waals surface area (Å²) in [6, 6.07) is 29.1. The highest BCUT2D eigenvalue weighted by atomic mass is 31.2. The van der Waals surface area contributed by atoms with Crippen LogP contribution in [0.4, 0.5) is 5.82 Å². The summed E-state index contributed by atoms with van der Waals surface area (Å²) in [6.07, 6.45) is 0.511. The molecule has 0 saturated carbocycles. The van der Waals surface area contributed by atoms with Crippen LogP contribution in [-0.4, -0.2) is 85.4 Å². The highest BCUT2D eigenvalue weighted by Crippen LogP contribution is 2.43. The third kappa shape index (κ3) is 10.4. The lowest BCUT2D eigenvalue weighted by Gasteiger charge is -2.37. The second-order valence-corrected chi connectivity index (χ2v) is 13.0. The number of nitrogens with two attached hydrogens (primary N) is 2. The molecule has 3 aromatic carbocycles. The zero-order valence-electron chi connectivity index (χ0n) is 29.7. The normalized spacial score (nSPS) is 19.4. The third-order valence-electron chi connectivity index (χ3n) is 8.78. The average molecular weight is 748 g/mol. The van der Waals surface area contributed by atoms with E-state index in [1.165, 1.54) is 4.57 Å². The van der Waals surface area contributed by atoms with Crippen molar-refractivity contribution >= 4 is 14.3 Å². The van der Waals surface area contributed by atoms with Gasteiger partial charge in [-0.25, -0.2) is 9.80 Å². The summed E-state index contributed by atoms with van der Waals surface area (Å²) in [5, 5.41) is 13.7. The second kappa shape index (κ2) is 19.6. The molecule has 3 heterocycles. The number of nitrogens with one attached hydrogen (secondary N) is 1. The van der Waals surface area contributed by atoms with Crippen LogP contribution in [0.25, 0.3) is 0 Å². The molecule has 0 bridgehead atoms. The van der Waals surface area contributed by atoms with Crippen molar-refractivity contribution in [1.29, 1.82) is 5.26 Å². The number of hydrogen-bond acceptors (Lipinski definition) is 14. The molecule has 2 saturated heterocycles. The van der Waals surface area contributed by atoms with Crippen LogP contribution in [0.3, 0.4) is 0 Å². The second-order valence-electron chi connectivity index (χ2n) is 12.1. The molecule has 16 heteroatoms. The van der Waals surface area contributed by atoms with Crippen molar-refractivity contribution in [2.24, 2.45) is 5.50 Å². The first-order chi connectivity index (χ1) is 25.8. The van der Waals surface area contributed by atoms with E-state index in [0.717, 1.165) is 41.3 Å². The average Bonchev–Trinajstić information content (AvgIpc) is 3.58. The number of anilines is 1. The Morgan fingerprint density at radius 2 is 1.58 bits per heavy atom. The molecule has 53 heavy (non-hydrogen) atoms. The summed E-state index contributed by atoms with van der Waals surface area (Å²) in [6.45, 7) is 3.32. The summed E-state index contributed by atoms with van der Waals surface area (Å²) in [5.74, 6) is 1.57. The Labute approximate surface area is 309 Å². The van der Waals surface area contributed by atoms with E-state index in [0.29, 0.717) is 19.6 Å². The molecule has 282 valence electrons. The van der Waals surface area contributed by atoms with Crippen molar-refractivity contribution in [3.05, 3.63) is 118 Å². The molecule has 15 nitrogen and oxygen atoms in total. The molecular weight excluding hydrogens is 701 g/mol. The highest BCUT2D eigenvalue weighted by Gasteiger charge is 2.43. The molecule has 0 radical (unpaired) electrons. The van der Waals surface area contributed by atoms with Gasteiger partial charge < -0.3 is 39.0 Å². The molecular formula is C37H46N7O8P. The number of nitriles is 1. The van der Waals surface area contributed by atoms with Crippen molar-refractivity contribution < 1.29 is 33.3 Å². The molecule has 2 fully saturated rings. The fourth-order valence-electron chi connectivity index (χ4n) is 6.19. The molecule has 1 aromatic heterocycles. The molecule has 6 rings (SSSR count). The predicted molar refractivity (Wildman–Crippen MR) is 199 cm³/mol. The van der Waals surface area contributed by atoms with Crippen LogP contribution in [0.2, 0.25) is 0 Å².